The second-order valence-electron chi connectivity index (χ2n) is 6.75. The van der Waals surface area contributed by atoms with Gasteiger partial charge in [-0.1, -0.05) is 23.7 Å². The lowest BCUT2D eigenvalue weighted by Gasteiger charge is -2.40. The van der Waals surface area contributed by atoms with Gasteiger partial charge in [0.2, 0.25) is 5.96 Å². The molecule has 1 aromatic rings. The number of amides is 3. The first-order valence-corrected chi connectivity index (χ1v) is 9.54. The summed E-state index contributed by atoms with van der Waals surface area (Å²) in [5, 5.41) is 0.609. The number of fused-ring (bicyclic) bond motifs is 3. The van der Waals surface area contributed by atoms with E-state index in [1.54, 1.807) is 19.2 Å². The minimum atomic E-state index is -0.565. The van der Waals surface area contributed by atoms with Gasteiger partial charge in [0.05, 0.1) is 6.54 Å². The second-order valence-corrected chi connectivity index (χ2v) is 7.56. The van der Waals surface area contributed by atoms with E-state index in [0.717, 1.165) is 11.3 Å². The van der Waals surface area contributed by atoms with Gasteiger partial charge >= 0.3 is 6.03 Å². The number of hydrogen-bond donors (Lipinski definition) is 0. The lowest BCUT2D eigenvalue weighted by atomic mass is 10.1. The van der Waals surface area contributed by atoms with Gasteiger partial charge in [-0.25, -0.2) is 9.79 Å². The summed E-state index contributed by atoms with van der Waals surface area (Å²) in [5.41, 5.74) is 1.81. The molecule has 2 atom stereocenters. The Hall–Kier alpha value is -2.25. The highest BCUT2D eigenvalue weighted by Gasteiger charge is 2.54. The van der Waals surface area contributed by atoms with Crippen molar-refractivity contribution in [2.24, 2.45) is 4.99 Å². The highest BCUT2D eigenvalue weighted by atomic mass is 35.5. The lowest BCUT2D eigenvalue weighted by molar-refractivity contribution is -0.137. The SMILES string of the molecule is CC1=CN2C(=NC3C2C(=O)N(Cc2ccc(Cl)cc2)C(=O)N3C)N1CCCl. The third-order valence-corrected chi connectivity index (χ3v) is 5.49. The van der Waals surface area contributed by atoms with Gasteiger partial charge in [-0.15, -0.1) is 11.6 Å². The molecule has 4 rings (SSSR count). The Kier molecular flexibility index (Phi) is 4.52. The van der Waals surface area contributed by atoms with Crippen LogP contribution in [-0.4, -0.2) is 69.2 Å². The van der Waals surface area contributed by atoms with Gasteiger partial charge in [0.15, 0.2) is 12.2 Å². The molecule has 1 saturated heterocycles. The number of imide groups is 1. The summed E-state index contributed by atoms with van der Waals surface area (Å²) in [6, 6.07) is 6.20. The Balaban J connectivity index is 1.63. The minimum Gasteiger partial charge on any atom is -0.314 e. The number of likely N-dealkylation sites (N-methyl/N-ethyl adjacent to an activating group) is 1. The molecule has 9 heteroatoms. The van der Waals surface area contributed by atoms with Crippen molar-refractivity contribution >= 4 is 41.1 Å². The van der Waals surface area contributed by atoms with Crippen molar-refractivity contribution in [1.29, 1.82) is 0 Å². The van der Waals surface area contributed by atoms with Gasteiger partial charge in [0, 0.05) is 36.4 Å². The number of carbonyl (C=O) groups is 2. The zero-order chi connectivity index (χ0) is 19.3. The van der Waals surface area contributed by atoms with E-state index in [-0.39, 0.29) is 18.5 Å². The van der Waals surface area contributed by atoms with E-state index in [2.05, 4.69) is 4.99 Å². The third kappa shape index (κ3) is 2.85. The second kappa shape index (κ2) is 6.73. The highest BCUT2D eigenvalue weighted by molar-refractivity contribution is 6.30. The van der Waals surface area contributed by atoms with E-state index in [9.17, 15) is 9.59 Å². The van der Waals surface area contributed by atoms with E-state index in [1.165, 1.54) is 9.80 Å². The van der Waals surface area contributed by atoms with Crippen molar-refractivity contribution in [2.75, 3.05) is 19.5 Å². The summed E-state index contributed by atoms with van der Waals surface area (Å²) in [6.07, 6.45) is 1.36. The molecule has 142 valence electrons. The van der Waals surface area contributed by atoms with Crippen LogP contribution in [0.25, 0.3) is 0 Å². The first-order valence-electron chi connectivity index (χ1n) is 8.63. The van der Waals surface area contributed by atoms with Crippen molar-refractivity contribution < 1.29 is 9.59 Å². The van der Waals surface area contributed by atoms with Crippen molar-refractivity contribution in [3.8, 4) is 0 Å². The smallest absolute Gasteiger partial charge is 0.314 e. The van der Waals surface area contributed by atoms with Gasteiger partial charge in [0.25, 0.3) is 5.91 Å². The maximum atomic E-state index is 13.2. The van der Waals surface area contributed by atoms with Crippen LogP contribution < -0.4 is 0 Å². The largest absolute Gasteiger partial charge is 0.328 e. The molecular weight excluding hydrogens is 389 g/mol. The number of rotatable bonds is 4. The Morgan fingerprint density at radius 3 is 2.52 bits per heavy atom. The molecule has 2 unspecified atom stereocenters. The Morgan fingerprint density at radius 1 is 1.15 bits per heavy atom. The average Bonchev–Trinajstić information content (AvgIpc) is 3.15. The summed E-state index contributed by atoms with van der Waals surface area (Å²) >= 11 is 11.8. The molecule has 27 heavy (non-hydrogen) atoms. The van der Waals surface area contributed by atoms with Crippen LogP contribution >= 0.6 is 23.2 Å². The molecule has 0 aliphatic carbocycles. The first kappa shape index (κ1) is 18.1. The van der Waals surface area contributed by atoms with E-state index in [0.29, 0.717) is 23.4 Å². The molecular formula is C18H19Cl2N5O2. The van der Waals surface area contributed by atoms with Crippen LogP contribution in [0, 0.1) is 0 Å². The summed E-state index contributed by atoms with van der Waals surface area (Å²) in [7, 11) is 1.68. The molecule has 7 nitrogen and oxygen atoms in total. The number of hydrogen-bond acceptors (Lipinski definition) is 5. The van der Waals surface area contributed by atoms with Gasteiger partial charge in [-0.3, -0.25) is 9.69 Å². The number of guanidine groups is 1. The van der Waals surface area contributed by atoms with Crippen molar-refractivity contribution in [1.82, 2.24) is 19.6 Å². The summed E-state index contributed by atoms with van der Waals surface area (Å²) in [4.78, 5) is 37.3. The fraction of sp³-hybridized carbons (Fsp3) is 0.389. The summed E-state index contributed by atoms with van der Waals surface area (Å²) in [5.74, 6) is 0.858. The third-order valence-electron chi connectivity index (χ3n) is 5.06. The van der Waals surface area contributed by atoms with Crippen LogP contribution in [0.2, 0.25) is 5.02 Å². The number of aliphatic imine (C=N–C) groups is 1. The van der Waals surface area contributed by atoms with Crippen LogP contribution in [-0.2, 0) is 11.3 Å². The Bertz CT molecular complexity index is 854. The van der Waals surface area contributed by atoms with Gasteiger partial charge in [0.1, 0.15) is 0 Å². The molecule has 0 bridgehead atoms. The van der Waals surface area contributed by atoms with Gasteiger partial charge < -0.3 is 14.7 Å². The maximum Gasteiger partial charge on any atom is 0.328 e. The Morgan fingerprint density at radius 2 is 1.85 bits per heavy atom. The number of alkyl halides is 1. The average molecular weight is 408 g/mol. The summed E-state index contributed by atoms with van der Waals surface area (Å²) in [6.45, 7) is 2.74. The number of urea groups is 1. The minimum absolute atomic E-state index is 0.194. The van der Waals surface area contributed by atoms with E-state index in [4.69, 9.17) is 23.2 Å². The number of benzene rings is 1. The Labute approximate surface area is 167 Å². The molecule has 0 N–H and O–H groups in total. The zero-order valence-corrected chi connectivity index (χ0v) is 16.5. The molecule has 3 amide bonds. The van der Waals surface area contributed by atoms with Crippen molar-refractivity contribution in [2.45, 2.75) is 25.7 Å². The fourth-order valence-electron chi connectivity index (χ4n) is 3.68. The highest BCUT2D eigenvalue weighted by Crippen LogP contribution is 2.34. The predicted molar refractivity (Wildman–Crippen MR) is 103 cm³/mol. The molecule has 0 saturated carbocycles. The molecule has 0 spiro atoms. The maximum absolute atomic E-state index is 13.2. The van der Waals surface area contributed by atoms with Crippen LogP contribution in [0.15, 0.2) is 41.2 Å². The number of allylic oxidation sites excluding steroid dienone is 1. The number of halogens is 2. The lowest BCUT2D eigenvalue weighted by Crippen LogP contribution is -2.63. The van der Waals surface area contributed by atoms with Crippen LogP contribution in [0.1, 0.15) is 12.5 Å². The molecule has 3 heterocycles. The molecule has 1 fully saturated rings. The van der Waals surface area contributed by atoms with Crippen LogP contribution in [0.3, 0.4) is 0 Å². The predicted octanol–water partition coefficient (Wildman–Crippen LogP) is 2.52. The molecule has 0 radical (unpaired) electrons. The standard InChI is InChI=1S/C18H19Cl2N5O2/c1-11-9-24-14-15(21-17(24)23(11)8-7-19)22(2)18(27)25(16(14)26)10-12-3-5-13(20)6-4-12/h3-6,9,14-15H,7-8,10H2,1-2H3. The van der Waals surface area contributed by atoms with Crippen LogP contribution in [0.5, 0.6) is 0 Å². The van der Waals surface area contributed by atoms with Gasteiger partial charge in [-0.05, 0) is 24.6 Å². The van der Waals surface area contributed by atoms with E-state index in [1.807, 2.05) is 35.1 Å². The number of carbonyl (C=O) groups excluding carboxylic acids is 2. The normalized spacial score (nSPS) is 24.3. The quantitative estimate of drug-likeness (QED) is 0.719. The van der Waals surface area contributed by atoms with Crippen molar-refractivity contribution in [3.05, 3.63) is 46.7 Å². The number of nitrogens with zero attached hydrogens (tertiary/aromatic N) is 5. The molecule has 3 aliphatic heterocycles. The van der Waals surface area contributed by atoms with Gasteiger partial charge in [-0.2, -0.15) is 0 Å². The zero-order valence-electron chi connectivity index (χ0n) is 15.0. The molecule has 3 aliphatic rings. The fourth-order valence-corrected chi connectivity index (χ4v) is 3.98. The monoisotopic (exact) mass is 407 g/mol. The molecule has 1 aromatic carbocycles. The van der Waals surface area contributed by atoms with Crippen LogP contribution in [0.4, 0.5) is 4.79 Å². The topological polar surface area (TPSA) is 59.5 Å². The first-order chi connectivity index (χ1) is 12.9. The van der Waals surface area contributed by atoms with Crippen molar-refractivity contribution in [3.63, 3.8) is 0 Å². The van der Waals surface area contributed by atoms with E-state index >= 15 is 0 Å². The summed E-state index contributed by atoms with van der Waals surface area (Å²) < 4.78 is 0. The van der Waals surface area contributed by atoms with E-state index < -0.39 is 12.2 Å². The molecule has 0 aromatic heterocycles.